The van der Waals surface area contributed by atoms with Crippen LogP contribution >= 0.6 is 11.6 Å². The van der Waals surface area contributed by atoms with E-state index < -0.39 is 0 Å². The predicted octanol–water partition coefficient (Wildman–Crippen LogP) is 1.32. The molecule has 0 saturated carbocycles. The molecule has 2 aromatic rings. The number of anilines is 1. The number of nitrogens with zero attached hydrogens (tertiary/aromatic N) is 4. The summed E-state index contributed by atoms with van der Waals surface area (Å²) >= 11 is 5.82. The van der Waals surface area contributed by atoms with E-state index >= 15 is 0 Å². The second kappa shape index (κ2) is 5.14. The summed E-state index contributed by atoms with van der Waals surface area (Å²) in [5.74, 6) is 1.39. The summed E-state index contributed by atoms with van der Waals surface area (Å²) in [6.45, 7) is 4.92. The molecule has 6 nitrogen and oxygen atoms in total. The molecular formula is C12H15ClN6. The Morgan fingerprint density at radius 3 is 3.05 bits per heavy atom. The smallest absolute Gasteiger partial charge is 0.245 e. The van der Waals surface area contributed by atoms with Gasteiger partial charge < -0.3 is 10.2 Å². The van der Waals surface area contributed by atoms with Gasteiger partial charge in [0.25, 0.3) is 0 Å². The van der Waals surface area contributed by atoms with Crippen molar-refractivity contribution in [2.45, 2.75) is 13.0 Å². The number of aromatic nitrogens is 4. The number of hydrogen-bond acceptors (Lipinski definition) is 5. The molecule has 1 fully saturated rings. The molecule has 0 spiro atoms. The summed E-state index contributed by atoms with van der Waals surface area (Å²) in [6, 6.07) is 4.07. The van der Waals surface area contributed by atoms with Crippen molar-refractivity contribution in [2.75, 3.05) is 24.5 Å². The Morgan fingerprint density at radius 1 is 1.42 bits per heavy atom. The van der Waals surface area contributed by atoms with Crippen LogP contribution in [0.15, 0.2) is 18.3 Å². The molecular weight excluding hydrogens is 264 g/mol. The highest BCUT2D eigenvalue weighted by atomic mass is 35.5. The van der Waals surface area contributed by atoms with Crippen LogP contribution in [0.25, 0.3) is 11.5 Å². The van der Waals surface area contributed by atoms with Crippen molar-refractivity contribution in [1.29, 1.82) is 0 Å². The Morgan fingerprint density at radius 2 is 2.32 bits per heavy atom. The van der Waals surface area contributed by atoms with E-state index in [2.05, 4.69) is 37.3 Å². The van der Waals surface area contributed by atoms with Crippen LogP contribution in [-0.4, -0.2) is 45.8 Å². The Kier molecular flexibility index (Phi) is 3.35. The van der Waals surface area contributed by atoms with Gasteiger partial charge in [-0.15, -0.1) is 5.10 Å². The summed E-state index contributed by atoms with van der Waals surface area (Å²) in [5, 5.41) is 11.2. The van der Waals surface area contributed by atoms with E-state index in [0.29, 0.717) is 16.9 Å². The minimum Gasteiger partial charge on any atom is -0.337 e. The van der Waals surface area contributed by atoms with E-state index in [-0.39, 0.29) is 0 Å². The van der Waals surface area contributed by atoms with Crippen LogP contribution in [0.1, 0.15) is 6.92 Å². The zero-order valence-electron chi connectivity index (χ0n) is 10.6. The highest BCUT2D eigenvalue weighted by Gasteiger charge is 2.19. The molecule has 1 aliphatic heterocycles. The summed E-state index contributed by atoms with van der Waals surface area (Å²) in [5.41, 5.74) is 0.742. The van der Waals surface area contributed by atoms with E-state index in [9.17, 15) is 0 Å². The van der Waals surface area contributed by atoms with Gasteiger partial charge in [0.05, 0.1) is 5.02 Å². The number of piperazine rings is 1. The van der Waals surface area contributed by atoms with Crippen molar-refractivity contribution >= 4 is 17.5 Å². The molecule has 2 aromatic heterocycles. The number of rotatable bonds is 2. The topological polar surface area (TPSA) is 69.7 Å². The first-order chi connectivity index (χ1) is 9.22. The average Bonchev–Trinajstić information content (AvgIpc) is 2.89. The third-order valence-electron chi connectivity index (χ3n) is 3.10. The summed E-state index contributed by atoms with van der Waals surface area (Å²) < 4.78 is 0. The van der Waals surface area contributed by atoms with Crippen LogP contribution in [0.4, 0.5) is 5.95 Å². The molecule has 1 aliphatic rings. The fourth-order valence-electron chi connectivity index (χ4n) is 2.14. The fraction of sp³-hybridized carbons (Fsp3) is 0.417. The van der Waals surface area contributed by atoms with Crippen molar-refractivity contribution in [1.82, 2.24) is 25.5 Å². The van der Waals surface area contributed by atoms with Gasteiger partial charge in [0, 0.05) is 31.9 Å². The van der Waals surface area contributed by atoms with Crippen molar-refractivity contribution in [3.8, 4) is 11.5 Å². The standard InChI is InChI=1S/C12H15ClN6/c1-8-7-19(5-4-14-8)12-16-11(17-18-12)10-3-2-9(13)6-15-10/h2-3,6,8,14H,4-5,7H2,1H3,(H,16,17,18)/t8-/m0/s1. The molecule has 19 heavy (non-hydrogen) atoms. The lowest BCUT2D eigenvalue weighted by molar-refractivity contribution is 0.480. The largest absolute Gasteiger partial charge is 0.337 e. The highest BCUT2D eigenvalue weighted by molar-refractivity contribution is 6.30. The predicted molar refractivity (Wildman–Crippen MR) is 74.3 cm³/mol. The van der Waals surface area contributed by atoms with E-state index in [1.807, 2.05) is 6.07 Å². The molecule has 0 aromatic carbocycles. The minimum absolute atomic E-state index is 0.448. The second-order valence-corrected chi connectivity index (χ2v) is 5.08. The minimum atomic E-state index is 0.448. The van der Waals surface area contributed by atoms with E-state index in [1.54, 1.807) is 12.3 Å². The van der Waals surface area contributed by atoms with Gasteiger partial charge in [0.1, 0.15) is 5.69 Å². The molecule has 0 bridgehead atoms. The molecule has 0 aliphatic carbocycles. The van der Waals surface area contributed by atoms with Crippen molar-refractivity contribution in [3.05, 3.63) is 23.4 Å². The fourth-order valence-corrected chi connectivity index (χ4v) is 2.25. The summed E-state index contributed by atoms with van der Waals surface area (Å²) in [7, 11) is 0. The molecule has 0 amide bonds. The second-order valence-electron chi connectivity index (χ2n) is 4.65. The summed E-state index contributed by atoms with van der Waals surface area (Å²) in [6.07, 6.45) is 1.60. The number of aromatic amines is 1. The Balaban J connectivity index is 1.81. The number of hydrogen-bond donors (Lipinski definition) is 2. The first kappa shape index (κ1) is 12.4. The lowest BCUT2D eigenvalue weighted by Crippen LogP contribution is -2.49. The van der Waals surface area contributed by atoms with Crippen LogP contribution in [0.2, 0.25) is 5.02 Å². The number of H-pyrrole nitrogens is 1. The van der Waals surface area contributed by atoms with Crippen LogP contribution in [-0.2, 0) is 0 Å². The van der Waals surface area contributed by atoms with Crippen molar-refractivity contribution in [3.63, 3.8) is 0 Å². The van der Waals surface area contributed by atoms with Gasteiger partial charge in [-0.1, -0.05) is 11.6 Å². The maximum atomic E-state index is 5.82. The molecule has 1 saturated heterocycles. The monoisotopic (exact) mass is 278 g/mol. The van der Waals surface area contributed by atoms with Gasteiger partial charge in [0.2, 0.25) is 5.95 Å². The van der Waals surface area contributed by atoms with Gasteiger partial charge >= 0.3 is 0 Å². The number of pyridine rings is 1. The molecule has 7 heteroatoms. The third-order valence-corrected chi connectivity index (χ3v) is 3.32. The lowest BCUT2D eigenvalue weighted by atomic mass is 10.2. The first-order valence-corrected chi connectivity index (χ1v) is 6.63. The van der Waals surface area contributed by atoms with E-state index in [4.69, 9.17) is 11.6 Å². The van der Waals surface area contributed by atoms with Crippen LogP contribution < -0.4 is 10.2 Å². The molecule has 2 N–H and O–H groups in total. The number of halogens is 1. The first-order valence-electron chi connectivity index (χ1n) is 6.25. The molecule has 100 valence electrons. The van der Waals surface area contributed by atoms with Gasteiger partial charge in [-0.2, -0.15) is 4.98 Å². The zero-order chi connectivity index (χ0) is 13.2. The highest BCUT2D eigenvalue weighted by Crippen LogP contribution is 2.18. The SMILES string of the molecule is C[C@H]1CN(c2n[nH]c(-c3ccc(Cl)cn3)n2)CCN1. The third kappa shape index (κ3) is 2.69. The average molecular weight is 279 g/mol. The lowest BCUT2D eigenvalue weighted by Gasteiger charge is -2.30. The normalized spacial score (nSPS) is 19.7. The maximum Gasteiger partial charge on any atom is 0.245 e. The Bertz CT molecular complexity index is 552. The van der Waals surface area contributed by atoms with E-state index in [1.165, 1.54) is 0 Å². The number of nitrogens with one attached hydrogen (secondary N) is 2. The van der Waals surface area contributed by atoms with Crippen molar-refractivity contribution < 1.29 is 0 Å². The molecule has 3 heterocycles. The molecule has 1 atom stereocenters. The summed E-state index contributed by atoms with van der Waals surface area (Å²) in [4.78, 5) is 10.9. The Labute approximate surface area is 116 Å². The molecule has 0 radical (unpaired) electrons. The van der Waals surface area contributed by atoms with Crippen molar-refractivity contribution in [2.24, 2.45) is 0 Å². The van der Waals surface area contributed by atoms with Crippen LogP contribution in [0.5, 0.6) is 0 Å². The maximum absolute atomic E-state index is 5.82. The molecule has 3 rings (SSSR count). The van der Waals surface area contributed by atoms with E-state index in [0.717, 1.165) is 31.3 Å². The van der Waals surface area contributed by atoms with Gasteiger partial charge in [-0.05, 0) is 19.1 Å². The van der Waals surface area contributed by atoms with Crippen LogP contribution in [0.3, 0.4) is 0 Å². The quantitative estimate of drug-likeness (QED) is 0.867. The van der Waals surface area contributed by atoms with Gasteiger partial charge in [-0.3, -0.25) is 10.1 Å². The van der Waals surface area contributed by atoms with Crippen LogP contribution in [0, 0.1) is 0 Å². The molecule has 0 unspecified atom stereocenters. The zero-order valence-corrected chi connectivity index (χ0v) is 11.4. The van der Waals surface area contributed by atoms with Gasteiger partial charge in [-0.25, -0.2) is 0 Å². The Hall–Kier alpha value is -1.66. The van der Waals surface area contributed by atoms with Gasteiger partial charge in [0.15, 0.2) is 5.82 Å².